The molecule has 2 nitrogen and oxygen atoms in total. The summed E-state index contributed by atoms with van der Waals surface area (Å²) in [6.07, 6.45) is 4.40. The van der Waals surface area contributed by atoms with Crippen molar-refractivity contribution in [2.75, 3.05) is 6.61 Å². The van der Waals surface area contributed by atoms with Gasteiger partial charge in [-0.1, -0.05) is 13.3 Å². The molecule has 0 spiro atoms. The van der Waals surface area contributed by atoms with Gasteiger partial charge in [0.2, 0.25) is 0 Å². The van der Waals surface area contributed by atoms with Crippen LogP contribution in [0.2, 0.25) is 0 Å². The summed E-state index contributed by atoms with van der Waals surface area (Å²) in [5.41, 5.74) is 0. The summed E-state index contributed by atoms with van der Waals surface area (Å²) < 4.78 is 0. The number of hydrogen-bond acceptors (Lipinski definition) is 2. The van der Waals surface area contributed by atoms with Crippen LogP contribution in [0.1, 0.15) is 39.0 Å². The molecule has 0 aromatic carbocycles. The zero-order valence-corrected chi connectivity index (χ0v) is 6.71. The number of aliphatic hydroxyl groups is 2. The second kappa shape index (κ2) is 11.6. The fraction of sp³-hybridized carbons (Fsp3) is 1.00. The standard InChI is InChI=1S/C8H18O2.K.H/c1-2-5-8(10)6-3-4-7-9;;/h8-10H,2-7H2,1H3;;. The molecular weight excluding hydrogens is 167 g/mol. The van der Waals surface area contributed by atoms with E-state index in [1.54, 1.807) is 0 Å². The van der Waals surface area contributed by atoms with E-state index in [0.717, 1.165) is 32.1 Å². The maximum atomic E-state index is 9.19. The van der Waals surface area contributed by atoms with E-state index < -0.39 is 0 Å². The second-order valence-corrected chi connectivity index (χ2v) is 2.66. The van der Waals surface area contributed by atoms with Crippen LogP contribution in [0.5, 0.6) is 0 Å². The molecule has 3 heteroatoms. The number of rotatable bonds is 6. The van der Waals surface area contributed by atoms with Crippen LogP contribution in [0.4, 0.5) is 0 Å². The normalized spacial score (nSPS) is 12.3. The Morgan fingerprint density at radius 1 is 1.18 bits per heavy atom. The van der Waals surface area contributed by atoms with Crippen molar-refractivity contribution in [3.8, 4) is 0 Å². The molecule has 0 radical (unpaired) electrons. The van der Waals surface area contributed by atoms with Gasteiger partial charge < -0.3 is 10.2 Å². The topological polar surface area (TPSA) is 40.5 Å². The van der Waals surface area contributed by atoms with Crippen LogP contribution in [-0.4, -0.2) is 74.3 Å². The molecule has 0 heterocycles. The third-order valence-corrected chi connectivity index (χ3v) is 1.57. The molecule has 2 N–H and O–H groups in total. The number of unbranched alkanes of at least 4 members (excludes halogenated alkanes) is 1. The van der Waals surface area contributed by atoms with Crippen molar-refractivity contribution in [3.05, 3.63) is 0 Å². The quantitative estimate of drug-likeness (QED) is 0.472. The maximum absolute atomic E-state index is 9.19. The molecule has 0 aromatic rings. The summed E-state index contributed by atoms with van der Waals surface area (Å²) in [6.45, 7) is 2.31. The molecule has 1 atom stereocenters. The number of aliphatic hydroxyl groups excluding tert-OH is 2. The van der Waals surface area contributed by atoms with E-state index in [9.17, 15) is 5.11 Å². The Hall–Kier alpha value is 1.56. The van der Waals surface area contributed by atoms with Gasteiger partial charge in [0.15, 0.2) is 0 Å². The van der Waals surface area contributed by atoms with E-state index in [-0.39, 0.29) is 64.1 Å². The monoisotopic (exact) mass is 186 g/mol. The van der Waals surface area contributed by atoms with Crippen molar-refractivity contribution < 1.29 is 10.2 Å². The molecule has 0 bridgehead atoms. The summed E-state index contributed by atoms with van der Waals surface area (Å²) in [4.78, 5) is 0. The van der Waals surface area contributed by atoms with Gasteiger partial charge in [-0.05, 0) is 25.7 Å². The molecule has 0 aromatic heterocycles. The van der Waals surface area contributed by atoms with Crippen LogP contribution in [0, 0.1) is 0 Å². The van der Waals surface area contributed by atoms with Gasteiger partial charge in [0.25, 0.3) is 0 Å². The Labute approximate surface area is 112 Å². The van der Waals surface area contributed by atoms with E-state index in [4.69, 9.17) is 5.11 Å². The molecule has 0 saturated heterocycles. The molecule has 0 saturated carbocycles. The Morgan fingerprint density at radius 2 is 1.82 bits per heavy atom. The average molecular weight is 186 g/mol. The van der Waals surface area contributed by atoms with Crippen LogP contribution >= 0.6 is 0 Å². The van der Waals surface area contributed by atoms with Crippen LogP contribution in [0.25, 0.3) is 0 Å². The van der Waals surface area contributed by atoms with Crippen molar-refractivity contribution in [2.45, 2.75) is 45.1 Å². The molecule has 0 amide bonds. The van der Waals surface area contributed by atoms with Gasteiger partial charge in [0, 0.05) is 6.61 Å². The Kier molecular flexibility index (Phi) is 15.8. The molecule has 0 fully saturated rings. The van der Waals surface area contributed by atoms with E-state index in [2.05, 4.69) is 6.92 Å². The third kappa shape index (κ3) is 11.6. The summed E-state index contributed by atoms with van der Waals surface area (Å²) in [7, 11) is 0. The molecule has 11 heavy (non-hydrogen) atoms. The molecule has 64 valence electrons. The van der Waals surface area contributed by atoms with Crippen LogP contribution < -0.4 is 0 Å². The Morgan fingerprint density at radius 3 is 2.27 bits per heavy atom. The van der Waals surface area contributed by atoms with Crippen LogP contribution in [0.3, 0.4) is 0 Å². The fourth-order valence-corrected chi connectivity index (χ4v) is 0.969. The third-order valence-electron chi connectivity index (χ3n) is 1.57. The summed E-state index contributed by atoms with van der Waals surface area (Å²) in [6, 6.07) is 0. The fourth-order valence-electron chi connectivity index (χ4n) is 0.969. The van der Waals surface area contributed by atoms with Gasteiger partial charge in [-0.3, -0.25) is 0 Å². The van der Waals surface area contributed by atoms with Crippen LogP contribution in [-0.2, 0) is 0 Å². The first-order valence-electron chi connectivity index (χ1n) is 4.10. The minimum atomic E-state index is -0.142. The first-order valence-corrected chi connectivity index (χ1v) is 4.10. The van der Waals surface area contributed by atoms with E-state index >= 15 is 0 Å². The predicted molar refractivity (Wildman–Crippen MR) is 49.0 cm³/mol. The van der Waals surface area contributed by atoms with Crippen LogP contribution in [0.15, 0.2) is 0 Å². The van der Waals surface area contributed by atoms with E-state index in [0.29, 0.717) is 0 Å². The Balaban J connectivity index is 0. The first kappa shape index (κ1) is 15.0. The molecular formula is C8H19KO2. The van der Waals surface area contributed by atoms with Crippen molar-refractivity contribution in [3.63, 3.8) is 0 Å². The SMILES string of the molecule is CCCC(O)CCCCO.[KH]. The summed E-state index contributed by atoms with van der Waals surface area (Å²) in [5.74, 6) is 0. The minimum absolute atomic E-state index is 0. The summed E-state index contributed by atoms with van der Waals surface area (Å²) in [5, 5.41) is 17.6. The second-order valence-electron chi connectivity index (χ2n) is 2.66. The molecule has 0 aliphatic rings. The van der Waals surface area contributed by atoms with Crippen molar-refractivity contribution in [1.82, 2.24) is 0 Å². The summed E-state index contributed by atoms with van der Waals surface area (Å²) >= 11 is 0. The zero-order chi connectivity index (χ0) is 7.82. The van der Waals surface area contributed by atoms with Gasteiger partial charge in [-0.15, -0.1) is 0 Å². The van der Waals surface area contributed by atoms with Crippen molar-refractivity contribution in [2.24, 2.45) is 0 Å². The number of hydrogen-bond donors (Lipinski definition) is 2. The predicted octanol–water partition coefficient (Wildman–Crippen LogP) is 0.661. The van der Waals surface area contributed by atoms with Gasteiger partial charge in [0.1, 0.15) is 0 Å². The van der Waals surface area contributed by atoms with Crippen molar-refractivity contribution >= 4 is 51.4 Å². The first-order chi connectivity index (χ1) is 4.81. The van der Waals surface area contributed by atoms with Gasteiger partial charge in [-0.25, -0.2) is 0 Å². The van der Waals surface area contributed by atoms with E-state index in [1.807, 2.05) is 0 Å². The molecule has 0 aliphatic carbocycles. The van der Waals surface area contributed by atoms with Gasteiger partial charge in [0.05, 0.1) is 6.10 Å². The molecule has 0 rings (SSSR count). The zero-order valence-electron chi connectivity index (χ0n) is 6.71. The van der Waals surface area contributed by atoms with E-state index in [1.165, 1.54) is 0 Å². The Bertz CT molecular complexity index is 69.1. The average Bonchev–Trinajstić information content (AvgIpc) is 1.89. The molecule has 1 unspecified atom stereocenters. The van der Waals surface area contributed by atoms with Gasteiger partial charge >= 0.3 is 51.4 Å². The van der Waals surface area contributed by atoms with Crippen molar-refractivity contribution in [1.29, 1.82) is 0 Å². The van der Waals surface area contributed by atoms with Gasteiger partial charge in [-0.2, -0.15) is 0 Å². The molecule has 0 aliphatic heterocycles.